The minimum Gasteiger partial charge on any atom is -0.394 e. The molecule has 1 saturated heterocycles. The first kappa shape index (κ1) is 14.8. The molecule has 1 atom stereocenters. The molecule has 0 spiro atoms. The Bertz CT molecular complexity index is 673. The van der Waals surface area contributed by atoms with Crippen LogP contribution in [0.15, 0.2) is 18.2 Å². The molecule has 1 aromatic carbocycles. The maximum Gasteiger partial charge on any atom is 0.317 e. The van der Waals surface area contributed by atoms with Gasteiger partial charge in [-0.1, -0.05) is 0 Å². The average Bonchev–Trinajstić information content (AvgIpc) is 3.12. The largest absolute Gasteiger partial charge is 0.394 e. The third-order valence-corrected chi connectivity index (χ3v) is 3.98. The predicted octanol–water partition coefficient (Wildman–Crippen LogP) is 1.41. The second-order valence-corrected chi connectivity index (χ2v) is 5.50. The van der Waals surface area contributed by atoms with E-state index in [9.17, 15) is 14.3 Å². The molecule has 118 valence electrons. The molecule has 3 rings (SSSR count). The van der Waals surface area contributed by atoms with Crippen molar-refractivity contribution in [2.24, 2.45) is 0 Å². The van der Waals surface area contributed by atoms with Gasteiger partial charge in [0, 0.05) is 19.5 Å². The number of aromatic amines is 1. The summed E-state index contributed by atoms with van der Waals surface area (Å²) in [6.07, 6.45) is 2.31. The van der Waals surface area contributed by atoms with Crippen molar-refractivity contribution >= 4 is 17.1 Å². The number of carbonyl (C=O) groups excluding carboxylic acids is 1. The highest BCUT2D eigenvalue weighted by Crippen LogP contribution is 2.16. The van der Waals surface area contributed by atoms with Gasteiger partial charge in [0.2, 0.25) is 0 Å². The lowest BCUT2D eigenvalue weighted by Crippen LogP contribution is -2.44. The third-order valence-electron chi connectivity index (χ3n) is 3.98. The van der Waals surface area contributed by atoms with Gasteiger partial charge in [-0.2, -0.15) is 0 Å². The smallest absolute Gasteiger partial charge is 0.317 e. The van der Waals surface area contributed by atoms with Crippen molar-refractivity contribution < 1.29 is 14.3 Å². The number of nitrogens with one attached hydrogen (secondary N) is 2. The van der Waals surface area contributed by atoms with E-state index in [1.807, 2.05) is 0 Å². The number of H-pyrrole nitrogens is 1. The van der Waals surface area contributed by atoms with Crippen LogP contribution in [0.3, 0.4) is 0 Å². The van der Waals surface area contributed by atoms with Gasteiger partial charge < -0.3 is 20.3 Å². The molecular weight excluding hydrogens is 287 g/mol. The number of aliphatic hydroxyl groups excluding tert-OH is 1. The lowest BCUT2D eigenvalue weighted by molar-refractivity contribution is 0.157. The molecule has 2 amide bonds. The van der Waals surface area contributed by atoms with Gasteiger partial charge in [0.1, 0.15) is 11.6 Å². The summed E-state index contributed by atoms with van der Waals surface area (Å²) in [6.45, 7) is 1.12. The van der Waals surface area contributed by atoms with Crippen LogP contribution in [0.4, 0.5) is 9.18 Å². The van der Waals surface area contributed by atoms with Crippen LogP contribution in [0.1, 0.15) is 18.7 Å². The van der Waals surface area contributed by atoms with E-state index in [-0.39, 0.29) is 24.5 Å². The van der Waals surface area contributed by atoms with E-state index in [1.54, 1.807) is 11.0 Å². The Morgan fingerprint density at radius 3 is 3.23 bits per heavy atom. The summed E-state index contributed by atoms with van der Waals surface area (Å²) in [4.78, 5) is 21.1. The highest BCUT2D eigenvalue weighted by Gasteiger charge is 2.27. The number of urea groups is 1. The van der Waals surface area contributed by atoms with Crippen LogP contribution in [0.25, 0.3) is 11.0 Å². The maximum absolute atomic E-state index is 13.1. The van der Waals surface area contributed by atoms with Crippen molar-refractivity contribution in [2.75, 3.05) is 19.7 Å². The molecule has 1 aliphatic rings. The predicted molar refractivity (Wildman–Crippen MR) is 80.0 cm³/mol. The van der Waals surface area contributed by atoms with Gasteiger partial charge in [-0.25, -0.2) is 14.2 Å². The molecule has 0 saturated carbocycles. The van der Waals surface area contributed by atoms with E-state index in [2.05, 4.69) is 15.3 Å². The fraction of sp³-hybridized carbons (Fsp3) is 0.467. The second kappa shape index (κ2) is 6.31. The molecule has 1 aliphatic heterocycles. The Hall–Kier alpha value is -2.15. The summed E-state index contributed by atoms with van der Waals surface area (Å²) in [5.41, 5.74) is 1.36. The molecular formula is C15H19FN4O2. The van der Waals surface area contributed by atoms with Crippen molar-refractivity contribution in [1.82, 2.24) is 20.2 Å². The minimum atomic E-state index is -0.305. The van der Waals surface area contributed by atoms with Crippen molar-refractivity contribution in [3.8, 4) is 0 Å². The monoisotopic (exact) mass is 306 g/mol. The quantitative estimate of drug-likeness (QED) is 0.799. The van der Waals surface area contributed by atoms with Gasteiger partial charge in [0.15, 0.2) is 0 Å². The summed E-state index contributed by atoms with van der Waals surface area (Å²) in [5.74, 6) is 0.404. The van der Waals surface area contributed by atoms with Gasteiger partial charge in [-0.05, 0) is 31.0 Å². The number of aliphatic hydroxyl groups is 1. The lowest BCUT2D eigenvalue weighted by Gasteiger charge is -2.23. The van der Waals surface area contributed by atoms with Gasteiger partial charge in [0.25, 0.3) is 0 Å². The Morgan fingerprint density at radius 1 is 1.55 bits per heavy atom. The first-order valence-corrected chi connectivity index (χ1v) is 7.47. The first-order chi connectivity index (χ1) is 10.7. The number of imidazole rings is 1. The van der Waals surface area contributed by atoms with Crippen molar-refractivity contribution in [1.29, 1.82) is 0 Å². The number of aromatic nitrogens is 2. The highest BCUT2D eigenvalue weighted by molar-refractivity contribution is 5.75. The fourth-order valence-electron chi connectivity index (χ4n) is 2.84. The molecule has 0 bridgehead atoms. The highest BCUT2D eigenvalue weighted by atomic mass is 19.1. The first-order valence-electron chi connectivity index (χ1n) is 7.47. The zero-order chi connectivity index (χ0) is 15.5. The zero-order valence-corrected chi connectivity index (χ0v) is 12.2. The molecule has 2 heterocycles. The normalized spacial score (nSPS) is 18.1. The SMILES string of the molecule is O=C(NCCc1nc2ccc(F)cc2[nH]1)N1CCC[C@H]1CO. The van der Waals surface area contributed by atoms with Crippen LogP contribution < -0.4 is 5.32 Å². The number of hydrogen-bond acceptors (Lipinski definition) is 3. The van der Waals surface area contributed by atoms with Crippen LogP contribution in [-0.4, -0.2) is 51.7 Å². The molecule has 3 N–H and O–H groups in total. The standard InChI is InChI=1S/C15H19FN4O2/c16-10-3-4-12-13(8-10)19-14(18-12)5-6-17-15(22)20-7-1-2-11(20)9-21/h3-4,8,11,21H,1-2,5-7,9H2,(H,17,22)(H,18,19)/t11-/m0/s1. The molecule has 22 heavy (non-hydrogen) atoms. The van der Waals surface area contributed by atoms with Crippen LogP contribution in [0.5, 0.6) is 0 Å². The van der Waals surface area contributed by atoms with E-state index < -0.39 is 0 Å². The van der Waals surface area contributed by atoms with Crippen LogP contribution in [0, 0.1) is 5.82 Å². The summed E-state index contributed by atoms with van der Waals surface area (Å²) in [6, 6.07) is 4.17. The number of fused-ring (bicyclic) bond motifs is 1. The number of rotatable bonds is 4. The van der Waals surface area contributed by atoms with Crippen LogP contribution >= 0.6 is 0 Å². The van der Waals surface area contributed by atoms with E-state index in [4.69, 9.17) is 0 Å². The number of benzene rings is 1. The number of nitrogens with zero attached hydrogens (tertiary/aromatic N) is 2. The maximum atomic E-state index is 13.1. The number of hydrogen-bond donors (Lipinski definition) is 3. The van der Waals surface area contributed by atoms with Crippen molar-refractivity contribution in [2.45, 2.75) is 25.3 Å². The van der Waals surface area contributed by atoms with E-state index in [1.165, 1.54) is 12.1 Å². The van der Waals surface area contributed by atoms with Crippen molar-refractivity contribution in [3.63, 3.8) is 0 Å². The molecule has 6 nitrogen and oxygen atoms in total. The summed E-state index contributed by atoms with van der Waals surface area (Å²) >= 11 is 0. The molecule has 1 fully saturated rings. The minimum absolute atomic E-state index is 0.00254. The molecule has 0 unspecified atom stereocenters. The van der Waals surface area contributed by atoms with Crippen molar-refractivity contribution in [3.05, 3.63) is 29.8 Å². The summed E-state index contributed by atoms with van der Waals surface area (Å²) in [5, 5.41) is 12.1. The molecule has 1 aromatic heterocycles. The third kappa shape index (κ3) is 3.04. The molecule has 2 aromatic rings. The van der Waals surface area contributed by atoms with E-state index >= 15 is 0 Å². The average molecular weight is 306 g/mol. The number of amides is 2. The topological polar surface area (TPSA) is 81.2 Å². The number of carbonyl (C=O) groups is 1. The van der Waals surface area contributed by atoms with E-state index in [0.29, 0.717) is 36.4 Å². The lowest BCUT2D eigenvalue weighted by atomic mass is 10.2. The zero-order valence-electron chi connectivity index (χ0n) is 12.2. The Labute approximate surface area is 127 Å². The van der Waals surface area contributed by atoms with Crippen LogP contribution in [-0.2, 0) is 6.42 Å². The number of likely N-dealkylation sites (tertiary alicyclic amines) is 1. The second-order valence-electron chi connectivity index (χ2n) is 5.50. The molecule has 0 aliphatic carbocycles. The Balaban J connectivity index is 1.54. The Kier molecular flexibility index (Phi) is 4.24. The van der Waals surface area contributed by atoms with Gasteiger partial charge in [-0.3, -0.25) is 0 Å². The fourth-order valence-corrected chi connectivity index (χ4v) is 2.84. The van der Waals surface area contributed by atoms with Gasteiger partial charge in [-0.15, -0.1) is 0 Å². The molecule has 7 heteroatoms. The summed E-state index contributed by atoms with van der Waals surface area (Å²) < 4.78 is 13.1. The van der Waals surface area contributed by atoms with E-state index in [0.717, 1.165) is 12.8 Å². The van der Waals surface area contributed by atoms with Gasteiger partial charge in [0.05, 0.1) is 23.7 Å². The Morgan fingerprint density at radius 2 is 2.41 bits per heavy atom. The van der Waals surface area contributed by atoms with Gasteiger partial charge >= 0.3 is 6.03 Å². The summed E-state index contributed by atoms with van der Waals surface area (Å²) in [7, 11) is 0. The van der Waals surface area contributed by atoms with Crippen LogP contribution in [0.2, 0.25) is 0 Å². The molecule has 0 radical (unpaired) electrons. The number of halogens is 1.